The van der Waals surface area contributed by atoms with E-state index in [4.69, 9.17) is 9.97 Å². The molecular formula is C38H49IrN2O2-. The van der Waals surface area contributed by atoms with E-state index in [0.717, 1.165) is 59.2 Å². The molecule has 0 fully saturated rings. The smallest absolute Gasteiger partial charge is 0.164 e. The number of fused-ring (bicyclic) bond motifs is 3. The van der Waals surface area contributed by atoms with Gasteiger partial charge < -0.3 is 5.11 Å². The van der Waals surface area contributed by atoms with Crippen molar-refractivity contribution in [2.75, 3.05) is 0 Å². The fraction of sp³-hybridized carbons (Fsp3) is 0.447. The Morgan fingerprint density at radius 1 is 0.884 bits per heavy atom. The number of hydrogen-bond donors (Lipinski definition) is 1. The summed E-state index contributed by atoms with van der Waals surface area (Å²) in [7, 11) is 0. The number of aromatic nitrogens is 2. The summed E-state index contributed by atoms with van der Waals surface area (Å²) in [5, 5.41) is 13.6. The van der Waals surface area contributed by atoms with Gasteiger partial charge in [-0.15, -0.1) is 34.9 Å². The number of aryl methyl sites for hydroxylation is 2. The molecule has 0 unspecified atom stereocenters. The molecule has 0 aliphatic rings. The molecule has 4 aromatic rings. The maximum absolute atomic E-state index is 12.2. The summed E-state index contributed by atoms with van der Waals surface area (Å²) >= 11 is 0. The first-order chi connectivity index (χ1) is 19.8. The van der Waals surface area contributed by atoms with E-state index in [-0.39, 0.29) is 48.4 Å². The van der Waals surface area contributed by atoms with Gasteiger partial charge in [0, 0.05) is 48.3 Å². The van der Waals surface area contributed by atoms with Crippen LogP contribution in [0.2, 0.25) is 0 Å². The molecule has 4 nitrogen and oxygen atoms in total. The van der Waals surface area contributed by atoms with Crippen LogP contribution in [0.4, 0.5) is 0 Å². The van der Waals surface area contributed by atoms with Gasteiger partial charge in [-0.3, -0.25) is 9.78 Å². The summed E-state index contributed by atoms with van der Waals surface area (Å²) in [6, 6.07) is 20.5. The SMILES string of the molecule is CCC(C)(CC)C(=O)/C=C(\O)C(C)(CC)CC.Cc1[c-]c(-c2nc(C(C)C)nc3c2ccc2ccccc23)cc(C)c1.[Ir]. The van der Waals surface area contributed by atoms with Gasteiger partial charge in [-0.2, -0.15) is 0 Å². The Morgan fingerprint density at radius 3 is 2.05 bits per heavy atom. The molecule has 233 valence electrons. The first-order valence-corrected chi connectivity index (χ1v) is 15.5. The molecule has 1 heterocycles. The summed E-state index contributed by atoms with van der Waals surface area (Å²) in [5.41, 5.74) is 4.81. The predicted molar refractivity (Wildman–Crippen MR) is 178 cm³/mol. The Kier molecular flexibility index (Phi) is 12.8. The molecule has 1 radical (unpaired) electrons. The van der Waals surface area contributed by atoms with Crippen molar-refractivity contribution in [2.45, 2.75) is 101 Å². The van der Waals surface area contributed by atoms with Gasteiger partial charge in [0.2, 0.25) is 0 Å². The Labute approximate surface area is 272 Å². The van der Waals surface area contributed by atoms with E-state index in [0.29, 0.717) is 0 Å². The van der Waals surface area contributed by atoms with Gasteiger partial charge in [0.1, 0.15) is 11.6 Å². The molecule has 0 saturated carbocycles. The van der Waals surface area contributed by atoms with Gasteiger partial charge in [0.15, 0.2) is 5.78 Å². The fourth-order valence-electron chi connectivity index (χ4n) is 5.05. The predicted octanol–water partition coefficient (Wildman–Crippen LogP) is 10.6. The average molecular weight is 758 g/mol. The minimum Gasteiger partial charge on any atom is -0.512 e. The Hall–Kier alpha value is -2.88. The van der Waals surface area contributed by atoms with Gasteiger partial charge in [0.05, 0.1) is 5.52 Å². The Morgan fingerprint density at radius 2 is 1.49 bits per heavy atom. The third kappa shape index (κ3) is 8.19. The van der Waals surface area contributed by atoms with Crippen LogP contribution in [0, 0.1) is 30.7 Å². The van der Waals surface area contributed by atoms with Crippen LogP contribution >= 0.6 is 0 Å². The summed E-state index contributed by atoms with van der Waals surface area (Å²) in [6.45, 7) is 20.6. The molecule has 0 amide bonds. The second-order valence-corrected chi connectivity index (χ2v) is 12.5. The van der Waals surface area contributed by atoms with Crippen molar-refractivity contribution in [3.63, 3.8) is 0 Å². The van der Waals surface area contributed by atoms with Crippen LogP contribution in [-0.4, -0.2) is 20.9 Å². The third-order valence-electron chi connectivity index (χ3n) is 9.13. The monoisotopic (exact) mass is 758 g/mol. The van der Waals surface area contributed by atoms with Crippen molar-refractivity contribution in [3.8, 4) is 11.3 Å². The number of aliphatic hydroxyl groups is 1. The maximum Gasteiger partial charge on any atom is 0.164 e. The first kappa shape index (κ1) is 36.3. The number of aliphatic hydroxyl groups excluding tert-OH is 1. The minimum absolute atomic E-state index is 0. The van der Waals surface area contributed by atoms with E-state index in [2.05, 4.69) is 82.3 Å². The molecule has 0 aliphatic heterocycles. The molecule has 1 aromatic heterocycles. The number of carbonyl (C=O) groups excluding carboxylic acids is 1. The molecule has 0 bridgehead atoms. The van der Waals surface area contributed by atoms with Crippen molar-refractivity contribution in [2.24, 2.45) is 10.8 Å². The third-order valence-corrected chi connectivity index (χ3v) is 9.13. The fourth-order valence-corrected chi connectivity index (χ4v) is 5.05. The zero-order chi connectivity index (χ0) is 31.2. The van der Waals surface area contributed by atoms with Crippen LogP contribution < -0.4 is 0 Å². The summed E-state index contributed by atoms with van der Waals surface area (Å²) in [5.74, 6) is 1.44. The molecule has 1 N–H and O–H groups in total. The number of nitrogens with zero attached hydrogens (tertiary/aromatic N) is 2. The number of carbonyl (C=O) groups is 1. The number of allylic oxidation sites excluding steroid dienone is 2. The molecule has 3 aromatic carbocycles. The van der Waals surface area contributed by atoms with E-state index in [1.807, 2.05) is 41.5 Å². The van der Waals surface area contributed by atoms with Crippen molar-refractivity contribution < 1.29 is 30.0 Å². The van der Waals surface area contributed by atoms with Crippen molar-refractivity contribution in [3.05, 3.63) is 83.4 Å². The zero-order valence-corrected chi connectivity index (χ0v) is 30.1. The molecule has 5 heteroatoms. The Bertz CT molecular complexity index is 1560. The van der Waals surface area contributed by atoms with Crippen LogP contribution in [-0.2, 0) is 24.9 Å². The van der Waals surface area contributed by atoms with Gasteiger partial charge in [-0.05, 0) is 42.1 Å². The van der Waals surface area contributed by atoms with Crippen LogP contribution in [0.5, 0.6) is 0 Å². The summed E-state index contributed by atoms with van der Waals surface area (Å²) in [6.07, 6.45) is 4.75. The largest absolute Gasteiger partial charge is 0.512 e. The van der Waals surface area contributed by atoms with Gasteiger partial charge in [-0.1, -0.05) is 106 Å². The van der Waals surface area contributed by atoms with Crippen LogP contribution in [0.1, 0.15) is 104 Å². The number of ketones is 1. The van der Waals surface area contributed by atoms with Crippen LogP contribution in [0.15, 0.2) is 60.4 Å². The van der Waals surface area contributed by atoms with Crippen LogP contribution in [0.25, 0.3) is 32.9 Å². The van der Waals surface area contributed by atoms with E-state index in [9.17, 15) is 9.90 Å². The van der Waals surface area contributed by atoms with Gasteiger partial charge >= 0.3 is 0 Å². The number of hydrogen-bond acceptors (Lipinski definition) is 4. The number of benzene rings is 3. The minimum atomic E-state index is -0.337. The second kappa shape index (κ2) is 15.2. The second-order valence-electron chi connectivity index (χ2n) is 12.5. The molecular weight excluding hydrogens is 709 g/mol. The quantitative estimate of drug-likeness (QED) is 0.0799. The summed E-state index contributed by atoms with van der Waals surface area (Å²) in [4.78, 5) is 22.0. The van der Waals surface area contributed by atoms with Crippen LogP contribution in [0.3, 0.4) is 0 Å². The standard InChI is InChI=1S/C23H21N2.C15H28O2.Ir/c1-14(2)23-24-21(18-12-15(3)11-16(4)13-18)20-10-9-17-7-5-6-8-19(17)22(20)25-23;1-7-14(5,8-2)12(16)11-13(17)15(6,9-3)10-4;/h5-12,14H,1-4H3;11,16H,7-10H2,1-6H3;/q-1;;/b;12-11-;. The molecule has 0 aliphatic carbocycles. The zero-order valence-electron chi connectivity index (χ0n) is 27.7. The molecule has 43 heavy (non-hydrogen) atoms. The van der Waals surface area contributed by atoms with E-state index >= 15 is 0 Å². The average Bonchev–Trinajstić information content (AvgIpc) is 2.99. The topological polar surface area (TPSA) is 63.1 Å². The first-order valence-electron chi connectivity index (χ1n) is 15.5. The summed E-state index contributed by atoms with van der Waals surface area (Å²) < 4.78 is 0. The molecule has 4 rings (SSSR count). The molecule has 0 saturated heterocycles. The van der Waals surface area contributed by atoms with E-state index < -0.39 is 0 Å². The van der Waals surface area contributed by atoms with E-state index in [1.165, 1.54) is 22.4 Å². The van der Waals surface area contributed by atoms with Crippen molar-refractivity contribution >= 4 is 27.5 Å². The number of rotatable bonds is 9. The normalized spacial score (nSPS) is 12.2. The van der Waals surface area contributed by atoms with Crippen molar-refractivity contribution in [1.29, 1.82) is 0 Å². The maximum atomic E-state index is 12.2. The molecule has 0 spiro atoms. The van der Waals surface area contributed by atoms with E-state index in [1.54, 1.807) is 0 Å². The Balaban J connectivity index is 0.000000318. The van der Waals surface area contributed by atoms with Gasteiger partial charge in [0.25, 0.3) is 0 Å². The van der Waals surface area contributed by atoms with Crippen molar-refractivity contribution in [1.82, 2.24) is 9.97 Å². The molecule has 0 atom stereocenters. The van der Waals surface area contributed by atoms with Gasteiger partial charge in [-0.25, -0.2) is 4.98 Å².